The molecular formula is C11H16N4O2. The summed E-state index contributed by atoms with van der Waals surface area (Å²) in [6.45, 7) is 6.08. The first-order chi connectivity index (χ1) is 7.97. The van der Waals surface area contributed by atoms with Gasteiger partial charge in [0, 0.05) is 13.1 Å². The highest BCUT2D eigenvalue weighted by molar-refractivity contribution is 5.54. The monoisotopic (exact) mass is 236 g/mol. The van der Waals surface area contributed by atoms with Gasteiger partial charge in [-0.3, -0.25) is 10.1 Å². The topological polar surface area (TPSA) is 85.3 Å². The number of nitro groups is 1. The van der Waals surface area contributed by atoms with E-state index in [1.54, 1.807) is 0 Å². The van der Waals surface area contributed by atoms with Gasteiger partial charge in [0.1, 0.15) is 11.6 Å². The summed E-state index contributed by atoms with van der Waals surface area (Å²) in [7, 11) is 0. The van der Waals surface area contributed by atoms with Gasteiger partial charge in [-0.15, -0.1) is 0 Å². The zero-order chi connectivity index (χ0) is 12.6. The Kier molecular flexibility index (Phi) is 2.87. The summed E-state index contributed by atoms with van der Waals surface area (Å²) in [5.74, 6) is 1.93. The molecule has 0 spiro atoms. The van der Waals surface area contributed by atoms with Crippen molar-refractivity contribution in [2.24, 2.45) is 11.8 Å². The van der Waals surface area contributed by atoms with Crippen LogP contribution in [0.1, 0.15) is 13.8 Å². The molecule has 0 saturated carbocycles. The predicted molar refractivity (Wildman–Crippen MR) is 65.8 cm³/mol. The normalized spacial score (nSPS) is 24.0. The summed E-state index contributed by atoms with van der Waals surface area (Å²) in [6.07, 6.45) is 0. The van der Waals surface area contributed by atoms with Crippen LogP contribution in [0.15, 0.2) is 12.1 Å². The zero-order valence-corrected chi connectivity index (χ0v) is 9.96. The van der Waals surface area contributed by atoms with Gasteiger partial charge in [-0.05, 0) is 11.8 Å². The van der Waals surface area contributed by atoms with Crippen LogP contribution >= 0.6 is 0 Å². The van der Waals surface area contributed by atoms with E-state index in [2.05, 4.69) is 23.7 Å². The Morgan fingerprint density at radius 1 is 1.41 bits per heavy atom. The fourth-order valence-electron chi connectivity index (χ4n) is 2.11. The Hall–Kier alpha value is -1.85. The second-order valence-electron chi connectivity index (χ2n) is 4.73. The molecule has 0 aromatic carbocycles. The maximum Gasteiger partial charge on any atom is 0.276 e. The molecule has 2 heterocycles. The van der Waals surface area contributed by atoms with E-state index in [0.29, 0.717) is 17.7 Å². The van der Waals surface area contributed by atoms with E-state index >= 15 is 0 Å². The molecule has 17 heavy (non-hydrogen) atoms. The molecule has 1 saturated heterocycles. The summed E-state index contributed by atoms with van der Waals surface area (Å²) in [6, 6.07) is 2.77. The number of rotatable bonds is 2. The molecule has 1 fully saturated rings. The highest BCUT2D eigenvalue weighted by atomic mass is 16.6. The van der Waals surface area contributed by atoms with Crippen molar-refractivity contribution in [2.75, 3.05) is 23.7 Å². The average Bonchev–Trinajstić information content (AvgIpc) is 2.58. The standard InChI is InChI=1S/C11H16N4O2/c1-7-5-14(6-8(7)2)11-4-9(15(16)17)3-10(12)13-11/h3-4,7-8H,5-6H2,1-2H3,(H2,12,13). The van der Waals surface area contributed by atoms with E-state index in [0.717, 1.165) is 13.1 Å². The fourth-order valence-corrected chi connectivity index (χ4v) is 2.11. The lowest BCUT2D eigenvalue weighted by Gasteiger charge is -2.17. The van der Waals surface area contributed by atoms with E-state index in [1.165, 1.54) is 12.1 Å². The lowest BCUT2D eigenvalue weighted by molar-refractivity contribution is -0.384. The number of nitrogens with zero attached hydrogens (tertiary/aromatic N) is 3. The number of anilines is 2. The highest BCUT2D eigenvalue weighted by Gasteiger charge is 2.28. The fraction of sp³-hybridized carbons (Fsp3) is 0.545. The molecule has 0 radical (unpaired) electrons. The molecule has 6 heteroatoms. The highest BCUT2D eigenvalue weighted by Crippen LogP contribution is 2.29. The second kappa shape index (κ2) is 4.20. The average molecular weight is 236 g/mol. The van der Waals surface area contributed by atoms with Gasteiger partial charge in [0.2, 0.25) is 0 Å². The second-order valence-corrected chi connectivity index (χ2v) is 4.73. The largest absolute Gasteiger partial charge is 0.383 e. The summed E-state index contributed by atoms with van der Waals surface area (Å²) in [5.41, 5.74) is 5.59. The number of nitrogen functional groups attached to an aromatic ring is 1. The molecule has 0 aliphatic carbocycles. The van der Waals surface area contributed by atoms with Gasteiger partial charge < -0.3 is 10.6 Å². The van der Waals surface area contributed by atoms with Crippen LogP contribution in [-0.2, 0) is 0 Å². The molecule has 1 aliphatic heterocycles. The van der Waals surface area contributed by atoms with Crippen molar-refractivity contribution >= 4 is 17.3 Å². The summed E-state index contributed by atoms with van der Waals surface area (Å²) < 4.78 is 0. The van der Waals surface area contributed by atoms with Gasteiger partial charge in [-0.25, -0.2) is 4.98 Å². The van der Waals surface area contributed by atoms with Gasteiger partial charge in [0.15, 0.2) is 0 Å². The first kappa shape index (κ1) is 11.6. The summed E-state index contributed by atoms with van der Waals surface area (Å²) >= 11 is 0. The van der Waals surface area contributed by atoms with Crippen molar-refractivity contribution in [3.63, 3.8) is 0 Å². The summed E-state index contributed by atoms with van der Waals surface area (Å²) in [4.78, 5) is 16.5. The quantitative estimate of drug-likeness (QED) is 0.623. The third-order valence-electron chi connectivity index (χ3n) is 3.34. The van der Waals surface area contributed by atoms with E-state index in [-0.39, 0.29) is 11.5 Å². The SMILES string of the molecule is CC1CN(c2cc([N+](=O)[O-])cc(N)n2)CC1C. The number of pyridine rings is 1. The van der Waals surface area contributed by atoms with E-state index in [4.69, 9.17) is 5.73 Å². The van der Waals surface area contributed by atoms with Gasteiger partial charge in [-0.2, -0.15) is 0 Å². The summed E-state index contributed by atoms with van der Waals surface area (Å²) in [5, 5.41) is 10.8. The first-order valence-corrected chi connectivity index (χ1v) is 5.64. The molecule has 2 unspecified atom stereocenters. The van der Waals surface area contributed by atoms with Gasteiger partial charge in [-0.1, -0.05) is 13.8 Å². The molecule has 92 valence electrons. The zero-order valence-electron chi connectivity index (χ0n) is 9.96. The van der Waals surface area contributed by atoms with Crippen LogP contribution in [0.5, 0.6) is 0 Å². The van der Waals surface area contributed by atoms with Gasteiger partial charge in [0.05, 0.1) is 17.1 Å². The Balaban J connectivity index is 2.30. The molecule has 0 amide bonds. The molecule has 2 atom stereocenters. The van der Waals surface area contributed by atoms with E-state index < -0.39 is 4.92 Å². The van der Waals surface area contributed by atoms with Crippen LogP contribution in [0.3, 0.4) is 0 Å². The smallest absolute Gasteiger partial charge is 0.276 e. The minimum Gasteiger partial charge on any atom is -0.383 e. The third-order valence-corrected chi connectivity index (χ3v) is 3.34. The van der Waals surface area contributed by atoms with Crippen molar-refractivity contribution in [1.29, 1.82) is 0 Å². The first-order valence-electron chi connectivity index (χ1n) is 5.64. The lowest BCUT2D eigenvalue weighted by Crippen LogP contribution is -2.21. The molecule has 1 aliphatic rings. The van der Waals surface area contributed by atoms with Crippen molar-refractivity contribution < 1.29 is 4.92 Å². The van der Waals surface area contributed by atoms with E-state index in [9.17, 15) is 10.1 Å². The predicted octanol–water partition coefficient (Wildman–Crippen LogP) is 1.66. The minimum atomic E-state index is -0.440. The number of hydrogen-bond donors (Lipinski definition) is 1. The Morgan fingerprint density at radius 2 is 2.00 bits per heavy atom. The lowest BCUT2D eigenvalue weighted by atomic mass is 10.0. The minimum absolute atomic E-state index is 0.000272. The number of aromatic nitrogens is 1. The number of hydrogen-bond acceptors (Lipinski definition) is 5. The van der Waals surface area contributed by atoms with Crippen LogP contribution in [0.4, 0.5) is 17.3 Å². The van der Waals surface area contributed by atoms with Crippen LogP contribution in [-0.4, -0.2) is 23.0 Å². The van der Waals surface area contributed by atoms with Gasteiger partial charge in [0.25, 0.3) is 5.69 Å². The molecular weight excluding hydrogens is 220 g/mol. The molecule has 2 rings (SSSR count). The van der Waals surface area contributed by atoms with Crippen molar-refractivity contribution in [2.45, 2.75) is 13.8 Å². The Morgan fingerprint density at radius 3 is 2.53 bits per heavy atom. The van der Waals surface area contributed by atoms with Gasteiger partial charge >= 0.3 is 0 Å². The molecule has 0 bridgehead atoms. The molecule has 6 nitrogen and oxygen atoms in total. The molecule has 1 aromatic heterocycles. The van der Waals surface area contributed by atoms with Crippen molar-refractivity contribution in [3.05, 3.63) is 22.2 Å². The van der Waals surface area contributed by atoms with Crippen LogP contribution in [0.2, 0.25) is 0 Å². The van der Waals surface area contributed by atoms with Crippen LogP contribution < -0.4 is 10.6 Å². The van der Waals surface area contributed by atoms with Crippen molar-refractivity contribution in [3.8, 4) is 0 Å². The Labute approximate surface area is 99.6 Å². The molecule has 1 aromatic rings. The molecule has 2 N–H and O–H groups in total. The van der Waals surface area contributed by atoms with Crippen LogP contribution in [0.25, 0.3) is 0 Å². The maximum absolute atomic E-state index is 10.8. The maximum atomic E-state index is 10.8. The third kappa shape index (κ3) is 2.30. The van der Waals surface area contributed by atoms with Crippen LogP contribution in [0, 0.1) is 22.0 Å². The number of nitrogens with two attached hydrogens (primary N) is 1. The van der Waals surface area contributed by atoms with E-state index in [1.807, 2.05) is 0 Å². The van der Waals surface area contributed by atoms with Crippen molar-refractivity contribution in [1.82, 2.24) is 4.98 Å². The Bertz CT molecular complexity index is 439.